The minimum atomic E-state index is -0.353. The molecule has 0 aromatic carbocycles. The van der Waals surface area contributed by atoms with E-state index in [0.717, 1.165) is 5.56 Å². The van der Waals surface area contributed by atoms with E-state index >= 15 is 0 Å². The molecule has 0 saturated heterocycles. The zero-order valence-electron chi connectivity index (χ0n) is 9.68. The quantitative estimate of drug-likeness (QED) is 0.670. The SMILES string of the molecule is CN(Cc1cn[nH]c1)C(=O)CCSCC(N)=O. The summed E-state index contributed by atoms with van der Waals surface area (Å²) in [4.78, 5) is 23.8. The number of aromatic nitrogens is 2. The molecule has 0 unspecified atom stereocenters. The highest BCUT2D eigenvalue weighted by Gasteiger charge is 2.09. The molecule has 0 fully saturated rings. The lowest BCUT2D eigenvalue weighted by Crippen LogP contribution is -2.26. The number of primary amides is 1. The van der Waals surface area contributed by atoms with Crippen molar-refractivity contribution in [3.63, 3.8) is 0 Å². The van der Waals surface area contributed by atoms with E-state index in [-0.39, 0.29) is 17.6 Å². The van der Waals surface area contributed by atoms with Gasteiger partial charge in [0.15, 0.2) is 0 Å². The van der Waals surface area contributed by atoms with Crippen LogP contribution < -0.4 is 5.73 Å². The third-order valence-corrected chi connectivity index (χ3v) is 3.09. The molecule has 6 nitrogen and oxygen atoms in total. The molecule has 0 aliphatic heterocycles. The second-order valence-corrected chi connectivity index (χ2v) is 4.73. The number of nitrogens with zero attached hydrogens (tertiary/aromatic N) is 2. The summed E-state index contributed by atoms with van der Waals surface area (Å²) in [6.45, 7) is 0.538. The van der Waals surface area contributed by atoms with Crippen molar-refractivity contribution in [2.24, 2.45) is 5.73 Å². The van der Waals surface area contributed by atoms with Gasteiger partial charge in [-0.1, -0.05) is 0 Å². The number of carbonyl (C=O) groups excluding carboxylic acids is 2. The molecule has 3 N–H and O–H groups in total. The molecule has 0 aliphatic carbocycles. The van der Waals surface area contributed by atoms with E-state index in [1.54, 1.807) is 24.3 Å². The van der Waals surface area contributed by atoms with Gasteiger partial charge in [-0.3, -0.25) is 14.7 Å². The smallest absolute Gasteiger partial charge is 0.227 e. The van der Waals surface area contributed by atoms with Crippen molar-refractivity contribution >= 4 is 23.6 Å². The molecule has 0 atom stereocenters. The number of H-pyrrole nitrogens is 1. The Labute approximate surface area is 104 Å². The van der Waals surface area contributed by atoms with Gasteiger partial charge in [0.1, 0.15) is 0 Å². The van der Waals surface area contributed by atoms with E-state index in [4.69, 9.17) is 5.73 Å². The lowest BCUT2D eigenvalue weighted by molar-refractivity contribution is -0.130. The number of amides is 2. The summed E-state index contributed by atoms with van der Waals surface area (Å²) in [7, 11) is 1.74. The molecule has 0 bridgehead atoms. The van der Waals surface area contributed by atoms with E-state index in [2.05, 4.69) is 10.2 Å². The van der Waals surface area contributed by atoms with Crippen molar-refractivity contribution in [2.75, 3.05) is 18.6 Å². The van der Waals surface area contributed by atoms with Crippen LogP contribution in [0.1, 0.15) is 12.0 Å². The Morgan fingerprint density at radius 1 is 1.59 bits per heavy atom. The van der Waals surface area contributed by atoms with E-state index < -0.39 is 0 Å². The molecular formula is C10H16N4O2S. The van der Waals surface area contributed by atoms with Gasteiger partial charge >= 0.3 is 0 Å². The van der Waals surface area contributed by atoms with Gasteiger partial charge in [-0.05, 0) is 0 Å². The molecule has 1 heterocycles. The van der Waals surface area contributed by atoms with Gasteiger partial charge in [0.25, 0.3) is 0 Å². The average molecular weight is 256 g/mol. The van der Waals surface area contributed by atoms with Crippen LogP contribution in [0, 0.1) is 0 Å². The molecule has 1 rings (SSSR count). The predicted octanol–water partition coefficient (Wildman–Crippen LogP) is -0.0233. The number of carbonyl (C=O) groups is 2. The Morgan fingerprint density at radius 3 is 2.94 bits per heavy atom. The number of aromatic amines is 1. The van der Waals surface area contributed by atoms with E-state index in [9.17, 15) is 9.59 Å². The third-order valence-electron chi connectivity index (χ3n) is 2.10. The van der Waals surface area contributed by atoms with E-state index in [1.165, 1.54) is 11.8 Å². The summed E-state index contributed by atoms with van der Waals surface area (Å²) in [5.41, 5.74) is 5.96. The van der Waals surface area contributed by atoms with Crippen LogP contribution in [0.4, 0.5) is 0 Å². The summed E-state index contributed by atoms with van der Waals surface area (Å²) >= 11 is 1.37. The van der Waals surface area contributed by atoms with Gasteiger partial charge in [-0.15, -0.1) is 0 Å². The Morgan fingerprint density at radius 2 is 2.35 bits per heavy atom. The first kappa shape index (κ1) is 13.6. The third kappa shape index (κ3) is 5.39. The first-order valence-corrected chi connectivity index (χ1v) is 6.32. The van der Waals surface area contributed by atoms with Crippen molar-refractivity contribution in [3.05, 3.63) is 18.0 Å². The minimum absolute atomic E-state index is 0.0446. The Bertz CT molecular complexity index is 366. The molecule has 0 aliphatic rings. The largest absolute Gasteiger partial charge is 0.369 e. The Balaban J connectivity index is 2.20. The van der Waals surface area contributed by atoms with Gasteiger partial charge < -0.3 is 10.6 Å². The molecule has 7 heteroatoms. The molecule has 1 aromatic rings. The van der Waals surface area contributed by atoms with Gasteiger partial charge in [0.05, 0.1) is 11.9 Å². The van der Waals surface area contributed by atoms with Gasteiger partial charge in [-0.25, -0.2) is 0 Å². The lowest BCUT2D eigenvalue weighted by Gasteiger charge is -2.15. The fourth-order valence-corrected chi connectivity index (χ4v) is 1.91. The number of thioether (sulfide) groups is 1. The average Bonchev–Trinajstić information content (AvgIpc) is 2.76. The molecule has 2 amide bonds. The van der Waals surface area contributed by atoms with E-state index in [0.29, 0.717) is 18.7 Å². The predicted molar refractivity (Wildman–Crippen MR) is 66.2 cm³/mol. The summed E-state index contributed by atoms with van der Waals surface area (Å²) in [6.07, 6.45) is 3.85. The standard InChI is InChI=1S/C10H16N4O2S/c1-14(6-8-4-12-13-5-8)10(16)2-3-17-7-9(11)15/h4-5H,2-3,6-7H2,1H3,(H2,11,15)(H,12,13). The van der Waals surface area contributed by atoms with Gasteiger partial charge in [-0.2, -0.15) is 16.9 Å². The first-order chi connectivity index (χ1) is 8.09. The topological polar surface area (TPSA) is 92.1 Å². The minimum Gasteiger partial charge on any atom is -0.369 e. The molecule has 1 aromatic heterocycles. The van der Waals surface area contributed by atoms with Crippen LogP contribution in [-0.4, -0.2) is 45.5 Å². The fraction of sp³-hybridized carbons (Fsp3) is 0.500. The van der Waals surface area contributed by atoms with Crippen LogP contribution in [0.25, 0.3) is 0 Å². The highest BCUT2D eigenvalue weighted by molar-refractivity contribution is 7.99. The lowest BCUT2D eigenvalue weighted by atomic mass is 10.3. The van der Waals surface area contributed by atoms with Crippen LogP contribution in [0.5, 0.6) is 0 Å². The molecule has 17 heavy (non-hydrogen) atoms. The van der Waals surface area contributed by atoms with Crippen molar-refractivity contribution in [1.82, 2.24) is 15.1 Å². The number of hydrogen-bond acceptors (Lipinski definition) is 4. The van der Waals surface area contributed by atoms with Crippen molar-refractivity contribution in [3.8, 4) is 0 Å². The molecule has 0 saturated carbocycles. The molecule has 94 valence electrons. The number of nitrogens with one attached hydrogen (secondary N) is 1. The highest BCUT2D eigenvalue weighted by atomic mass is 32.2. The van der Waals surface area contributed by atoms with Gasteiger partial charge in [0.2, 0.25) is 11.8 Å². The maximum Gasteiger partial charge on any atom is 0.227 e. The van der Waals surface area contributed by atoms with Crippen molar-refractivity contribution < 1.29 is 9.59 Å². The fourth-order valence-electron chi connectivity index (χ4n) is 1.25. The maximum atomic E-state index is 11.7. The number of hydrogen-bond donors (Lipinski definition) is 2. The number of rotatable bonds is 7. The van der Waals surface area contributed by atoms with Crippen LogP contribution in [-0.2, 0) is 16.1 Å². The van der Waals surface area contributed by atoms with Crippen LogP contribution >= 0.6 is 11.8 Å². The molecular weight excluding hydrogens is 240 g/mol. The normalized spacial score (nSPS) is 10.2. The van der Waals surface area contributed by atoms with Crippen molar-refractivity contribution in [2.45, 2.75) is 13.0 Å². The van der Waals surface area contributed by atoms with Gasteiger partial charge in [0, 0.05) is 37.5 Å². The number of nitrogens with two attached hydrogens (primary N) is 1. The van der Waals surface area contributed by atoms with Crippen LogP contribution in [0.3, 0.4) is 0 Å². The second-order valence-electron chi connectivity index (χ2n) is 3.63. The monoisotopic (exact) mass is 256 g/mol. The summed E-state index contributed by atoms with van der Waals surface area (Å²) in [5, 5.41) is 6.51. The molecule has 0 radical (unpaired) electrons. The first-order valence-electron chi connectivity index (χ1n) is 5.17. The highest BCUT2D eigenvalue weighted by Crippen LogP contribution is 2.06. The Hall–Kier alpha value is -1.50. The maximum absolute atomic E-state index is 11.7. The zero-order chi connectivity index (χ0) is 12.7. The summed E-state index contributed by atoms with van der Waals surface area (Å²) < 4.78 is 0. The van der Waals surface area contributed by atoms with Crippen molar-refractivity contribution in [1.29, 1.82) is 0 Å². The van der Waals surface area contributed by atoms with Crippen LogP contribution in [0.15, 0.2) is 12.4 Å². The summed E-state index contributed by atoms with van der Waals surface area (Å²) in [6, 6.07) is 0. The van der Waals surface area contributed by atoms with Crippen LogP contribution in [0.2, 0.25) is 0 Å². The van der Waals surface area contributed by atoms with E-state index in [1.807, 2.05) is 0 Å². The summed E-state index contributed by atoms with van der Waals surface area (Å²) in [5.74, 6) is 0.563. The Kier molecular flexibility index (Phi) is 5.55. The second kappa shape index (κ2) is 6.95. The zero-order valence-corrected chi connectivity index (χ0v) is 10.5. The molecule has 0 spiro atoms.